The van der Waals surface area contributed by atoms with Crippen LogP contribution in [0, 0.1) is 0 Å². The Morgan fingerprint density at radius 1 is 0.318 bits per heavy atom. The first-order valence-corrected chi connectivity index (χ1v) is 14.2. The van der Waals surface area contributed by atoms with Crippen molar-refractivity contribution < 1.29 is 0 Å². The Hall–Kier alpha value is -6.21. The van der Waals surface area contributed by atoms with E-state index in [0.29, 0.717) is 28.9 Å². The van der Waals surface area contributed by atoms with Gasteiger partial charge in [-0.1, -0.05) is 72.8 Å². The third kappa shape index (κ3) is 4.72. The van der Waals surface area contributed by atoms with Gasteiger partial charge in [-0.25, -0.2) is 24.9 Å². The number of hydrogen-bond donors (Lipinski definition) is 0. The van der Waals surface area contributed by atoms with Gasteiger partial charge in [0.1, 0.15) is 11.4 Å². The molecule has 3 aromatic carbocycles. The van der Waals surface area contributed by atoms with Gasteiger partial charge in [-0.15, -0.1) is 0 Å². The smallest absolute Gasteiger partial charge is 0.182 e. The van der Waals surface area contributed by atoms with Crippen LogP contribution in [0.25, 0.3) is 78.7 Å². The summed E-state index contributed by atoms with van der Waals surface area (Å²) in [6, 6.07) is 42.0. The van der Waals surface area contributed by atoms with Gasteiger partial charge in [0.2, 0.25) is 0 Å². The summed E-state index contributed by atoms with van der Waals surface area (Å²) in [4.78, 5) is 33.8. The summed E-state index contributed by atoms with van der Waals surface area (Å²) < 4.78 is 0. The van der Waals surface area contributed by atoms with E-state index >= 15 is 0 Å². The summed E-state index contributed by atoms with van der Waals surface area (Å²) in [6.45, 7) is 0. The van der Waals surface area contributed by atoms with Gasteiger partial charge in [0.15, 0.2) is 17.5 Å². The molecule has 7 heteroatoms. The lowest BCUT2D eigenvalue weighted by Gasteiger charge is -2.12. The van der Waals surface area contributed by atoms with Crippen molar-refractivity contribution in [3.63, 3.8) is 0 Å². The Morgan fingerprint density at radius 3 is 1.39 bits per heavy atom. The van der Waals surface area contributed by atoms with Crippen molar-refractivity contribution >= 4 is 21.5 Å². The maximum Gasteiger partial charge on any atom is 0.182 e. The van der Waals surface area contributed by atoms with Gasteiger partial charge in [0.25, 0.3) is 0 Å². The van der Waals surface area contributed by atoms with Gasteiger partial charge in [-0.2, -0.15) is 0 Å². The third-order valence-electron chi connectivity index (χ3n) is 7.46. The molecule has 0 bridgehead atoms. The van der Waals surface area contributed by atoms with E-state index < -0.39 is 0 Å². The van der Waals surface area contributed by atoms with Crippen LogP contribution in [0.1, 0.15) is 0 Å². The van der Waals surface area contributed by atoms with Crippen molar-refractivity contribution in [1.29, 1.82) is 0 Å². The Morgan fingerprint density at radius 2 is 0.795 bits per heavy atom. The van der Waals surface area contributed by atoms with Gasteiger partial charge >= 0.3 is 0 Å². The normalized spacial score (nSPS) is 11.2. The van der Waals surface area contributed by atoms with E-state index in [1.807, 2.05) is 84.9 Å². The van der Waals surface area contributed by atoms with Crippen LogP contribution in [-0.4, -0.2) is 34.9 Å². The Bertz CT molecular complexity index is 2190. The molecule has 0 spiro atoms. The van der Waals surface area contributed by atoms with E-state index in [9.17, 15) is 0 Å². The minimum absolute atomic E-state index is 0.449. The number of pyridine rings is 4. The van der Waals surface area contributed by atoms with Gasteiger partial charge in [-0.3, -0.25) is 9.97 Å². The highest BCUT2D eigenvalue weighted by molar-refractivity contribution is 6.13. The van der Waals surface area contributed by atoms with Crippen molar-refractivity contribution in [2.45, 2.75) is 0 Å². The van der Waals surface area contributed by atoms with Crippen molar-refractivity contribution in [3.8, 4) is 57.2 Å². The number of fused-ring (bicyclic) bond motifs is 3. The zero-order valence-corrected chi connectivity index (χ0v) is 23.4. The molecular weight excluding hydrogens is 542 g/mol. The zero-order chi connectivity index (χ0) is 29.3. The summed E-state index contributed by atoms with van der Waals surface area (Å²) in [5.74, 6) is 1.44. The molecule has 5 heterocycles. The van der Waals surface area contributed by atoms with E-state index in [0.717, 1.165) is 44.5 Å². The largest absolute Gasteiger partial charge is 0.255 e. The number of hydrogen-bond acceptors (Lipinski definition) is 7. The van der Waals surface area contributed by atoms with Gasteiger partial charge in [0, 0.05) is 18.0 Å². The lowest BCUT2D eigenvalue weighted by Crippen LogP contribution is -2.03. The van der Waals surface area contributed by atoms with Crippen LogP contribution in [-0.2, 0) is 0 Å². The maximum absolute atomic E-state index is 5.03. The van der Waals surface area contributed by atoms with Crippen LogP contribution >= 0.6 is 0 Å². The molecule has 8 aromatic rings. The molecule has 0 saturated carbocycles. The fourth-order valence-corrected chi connectivity index (χ4v) is 5.40. The highest BCUT2D eigenvalue weighted by Crippen LogP contribution is 2.35. The van der Waals surface area contributed by atoms with Crippen LogP contribution in [0.4, 0.5) is 0 Å². The van der Waals surface area contributed by atoms with E-state index in [2.05, 4.69) is 52.4 Å². The third-order valence-corrected chi connectivity index (χ3v) is 7.46. The summed E-state index contributed by atoms with van der Waals surface area (Å²) in [6.07, 6.45) is 3.52. The molecule has 0 radical (unpaired) electrons. The molecule has 0 fully saturated rings. The minimum atomic E-state index is 0.449. The highest BCUT2D eigenvalue weighted by atomic mass is 15.1. The molecule has 0 aliphatic heterocycles. The Labute approximate surface area is 253 Å². The zero-order valence-electron chi connectivity index (χ0n) is 23.4. The fraction of sp³-hybridized carbons (Fsp3) is 0. The molecule has 0 atom stereocenters. The second-order valence-corrected chi connectivity index (χ2v) is 10.2. The van der Waals surface area contributed by atoms with Crippen molar-refractivity contribution in [2.75, 3.05) is 0 Å². The molecule has 44 heavy (non-hydrogen) atoms. The van der Waals surface area contributed by atoms with Gasteiger partial charge < -0.3 is 0 Å². The highest BCUT2D eigenvalue weighted by Gasteiger charge is 2.18. The molecule has 0 aliphatic carbocycles. The van der Waals surface area contributed by atoms with E-state index in [1.54, 1.807) is 12.4 Å². The SMILES string of the molecule is c1ccc(-c2cccc(-c3nc(-c4cccc(-c5ccccn5)n4)nc(-c4cc5ccccc5c5ccccc45)n3)n2)nc1. The maximum atomic E-state index is 5.03. The molecule has 206 valence electrons. The second kappa shape index (κ2) is 10.9. The average molecular weight is 566 g/mol. The Balaban J connectivity index is 1.36. The first-order chi connectivity index (χ1) is 21.8. The first-order valence-electron chi connectivity index (χ1n) is 14.2. The quantitative estimate of drug-likeness (QED) is 0.195. The predicted molar refractivity (Wildman–Crippen MR) is 173 cm³/mol. The minimum Gasteiger partial charge on any atom is -0.255 e. The molecular formula is C37H23N7. The van der Waals surface area contributed by atoms with E-state index in [4.69, 9.17) is 24.9 Å². The first kappa shape index (κ1) is 25.5. The van der Waals surface area contributed by atoms with E-state index in [1.165, 1.54) is 5.39 Å². The lowest BCUT2D eigenvalue weighted by atomic mass is 9.97. The molecule has 8 rings (SSSR count). The van der Waals surface area contributed by atoms with Gasteiger partial charge in [-0.05, 0) is 76.1 Å². The number of nitrogens with zero attached hydrogens (tertiary/aromatic N) is 7. The summed E-state index contributed by atoms with van der Waals surface area (Å²) in [5, 5.41) is 4.47. The standard InChI is InChI=1S/C37H23N7/c1-2-12-25-24(11-1)23-28(27-14-4-3-13-26(25)27)35-42-36(33-19-9-17-31(40-33)29-15-5-7-21-38-29)44-37(43-35)34-20-10-18-32(41-34)30-16-6-8-22-39-30/h1-23H. The monoisotopic (exact) mass is 565 g/mol. The van der Waals surface area contributed by atoms with Crippen molar-refractivity contribution in [2.24, 2.45) is 0 Å². The molecule has 0 N–H and O–H groups in total. The van der Waals surface area contributed by atoms with Crippen LogP contribution in [0.15, 0.2) is 140 Å². The molecule has 5 aromatic heterocycles. The number of aromatic nitrogens is 7. The molecule has 0 amide bonds. The van der Waals surface area contributed by atoms with Crippen LogP contribution in [0.2, 0.25) is 0 Å². The van der Waals surface area contributed by atoms with Gasteiger partial charge in [0.05, 0.1) is 22.8 Å². The molecule has 7 nitrogen and oxygen atoms in total. The van der Waals surface area contributed by atoms with E-state index in [-0.39, 0.29) is 0 Å². The van der Waals surface area contributed by atoms with Crippen molar-refractivity contribution in [3.05, 3.63) is 140 Å². The number of benzene rings is 3. The number of rotatable bonds is 5. The van der Waals surface area contributed by atoms with Crippen LogP contribution < -0.4 is 0 Å². The second-order valence-electron chi connectivity index (χ2n) is 10.2. The summed E-state index contributed by atoms with van der Waals surface area (Å²) in [5.41, 5.74) is 5.15. The summed E-state index contributed by atoms with van der Waals surface area (Å²) >= 11 is 0. The van der Waals surface area contributed by atoms with Crippen LogP contribution in [0.5, 0.6) is 0 Å². The molecule has 0 saturated heterocycles. The Kier molecular flexibility index (Phi) is 6.31. The predicted octanol–water partition coefficient (Wildman–Crippen LogP) is 8.09. The summed E-state index contributed by atoms with van der Waals surface area (Å²) in [7, 11) is 0. The molecule has 0 aliphatic rings. The average Bonchev–Trinajstić information content (AvgIpc) is 3.12. The lowest BCUT2D eigenvalue weighted by molar-refractivity contribution is 1.05. The van der Waals surface area contributed by atoms with Crippen molar-refractivity contribution in [1.82, 2.24) is 34.9 Å². The topological polar surface area (TPSA) is 90.2 Å². The fourth-order valence-electron chi connectivity index (χ4n) is 5.40. The van der Waals surface area contributed by atoms with Crippen LogP contribution in [0.3, 0.4) is 0 Å². The molecule has 0 unspecified atom stereocenters.